The molecule has 1 rings (SSSR count). The summed E-state index contributed by atoms with van der Waals surface area (Å²) in [5, 5.41) is 9.15. The lowest BCUT2D eigenvalue weighted by molar-refractivity contribution is -0.184. The van der Waals surface area contributed by atoms with Gasteiger partial charge in [-0.2, -0.15) is 0 Å². The van der Waals surface area contributed by atoms with Crippen LogP contribution in [0.4, 0.5) is 0 Å². The highest BCUT2D eigenvalue weighted by atomic mass is 16.6. The highest BCUT2D eigenvalue weighted by Crippen LogP contribution is 2.12. The zero-order chi connectivity index (χ0) is 16.9. The van der Waals surface area contributed by atoms with E-state index >= 15 is 0 Å². The molecule has 0 spiro atoms. The summed E-state index contributed by atoms with van der Waals surface area (Å²) < 4.78 is 9.45. The van der Waals surface area contributed by atoms with E-state index in [1.54, 1.807) is 0 Å². The second kappa shape index (κ2) is 7.74. The molecule has 0 aromatic heterocycles. The Kier molecular flexibility index (Phi) is 6.29. The Morgan fingerprint density at radius 2 is 1.36 bits per heavy atom. The van der Waals surface area contributed by atoms with Gasteiger partial charge in [0.05, 0.1) is 0 Å². The summed E-state index contributed by atoms with van der Waals surface area (Å²) >= 11 is 0. The van der Waals surface area contributed by atoms with E-state index < -0.39 is 36.0 Å². The molecule has 1 N–H and O–H groups in total. The number of carboxylic acid groups (broad SMARTS) is 1. The number of nitrogens with zero attached hydrogens (tertiary/aromatic N) is 2. The minimum atomic E-state index is -1.87. The van der Waals surface area contributed by atoms with Crippen molar-refractivity contribution in [2.24, 2.45) is 0 Å². The van der Waals surface area contributed by atoms with Gasteiger partial charge in [0.2, 0.25) is 12.2 Å². The smallest absolute Gasteiger partial charge is 0.349 e. The van der Waals surface area contributed by atoms with E-state index in [9.17, 15) is 19.2 Å². The third-order valence-electron chi connectivity index (χ3n) is 3.16. The number of likely N-dealkylation sites (N-methyl/N-ethyl adjacent to an activating group) is 1. The number of hydrogen-bond acceptors (Lipinski definition) is 7. The van der Waals surface area contributed by atoms with E-state index in [-0.39, 0.29) is 0 Å². The largest absolute Gasteiger partial charge is 0.478 e. The Labute approximate surface area is 127 Å². The number of esters is 2. The Morgan fingerprint density at radius 1 is 0.909 bits per heavy atom. The standard InChI is InChI=1S/C13H20N2O7/c1-8(16)21-10(11(13(19)20)22-9(2)17)12(18)15-6-4-14(3)5-7-15/h10-11H,4-7H2,1-3H3,(H,19,20). The molecule has 124 valence electrons. The molecule has 9 heteroatoms. The maximum absolute atomic E-state index is 12.4. The fraction of sp³-hybridized carbons (Fsp3) is 0.692. The van der Waals surface area contributed by atoms with Crippen molar-refractivity contribution in [2.45, 2.75) is 26.1 Å². The van der Waals surface area contributed by atoms with Crippen LogP contribution in [0.2, 0.25) is 0 Å². The van der Waals surface area contributed by atoms with Crippen LogP contribution >= 0.6 is 0 Å². The van der Waals surface area contributed by atoms with Crippen molar-refractivity contribution >= 4 is 23.8 Å². The molecule has 0 aromatic carbocycles. The van der Waals surface area contributed by atoms with Crippen molar-refractivity contribution in [2.75, 3.05) is 33.2 Å². The molecule has 1 saturated heterocycles. The molecular weight excluding hydrogens is 296 g/mol. The van der Waals surface area contributed by atoms with Crippen molar-refractivity contribution < 1.29 is 33.8 Å². The van der Waals surface area contributed by atoms with Crippen LogP contribution < -0.4 is 0 Å². The zero-order valence-electron chi connectivity index (χ0n) is 12.8. The van der Waals surface area contributed by atoms with Crippen molar-refractivity contribution in [3.8, 4) is 0 Å². The summed E-state index contributed by atoms with van der Waals surface area (Å²) in [6.07, 6.45) is -3.56. The number of carboxylic acids is 1. The molecule has 2 atom stereocenters. The Bertz CT molecular complexity index is 457. The van der Waals surface area contributed by atoms with E-state index in [0.717, 1.165) is 13.8 Å². The predicted molar refractivity (Wildman–Crippen MR) is 72.8 cm³/mol. The molecular formula is C13H20N2O7. The van der Waals surface area contributed by atoms with Crippen LogP contribution in [0.25, 0.3) is 0 Å². The van der Waals surface area contributed by atoms with Crippen molar-refractivity contribution in [3.63, 3.8) is 0 Å². The summed E-state index contributed by atoms with van der Waals surface area (Å²) in [4.78, 5) is 49.3. The van der Waals surface area contributed by atoms with Crippen LogP contribution in [0.5, 0.6) is 0 Å². The third-order valence-corrected chi connectivity index (χ3v) is 3.16. The molecule has 0 aliphatic carbocycles. The number of carbonyl (C=O) groups excluding carboxylic acids is 3. The van der Waals surface area contributed by atoms with Gasteiger partial charge >= 0.3 is 17.9 Å². The van der Waals surface area contributed by atoms with Gasteiger partial charge in [-0.15, -0.1) is 0 Å². The van der Waals surface area contributed by atoms with E-state index in [1.807, 2.05) is 11.9 Å². The summed E-state index contributed by atoms with van der Waals surface area (Å²) in [7, 11) is 1.89. The number of hydrogen-bond donors (Lipinski definition) is 1. The maximum Gasteiger partial charge on any atom is 0.349 e. The lowest BCUT2D eigenvalue weighted by atomic mass is 10.1. The average molecular weight is 316 g/mol. The lowest BCUT2D eigenvalue weighted by Gasteiger charge is -2.35. The molecule has 0 bridgehead atoms. The third kappa shape index (κ3) is 4.99. The Balaban J connectivity index is 2.94. The summed E-state index contributed by atoms with van der Waals surface area (Å²) in [6.45, 7) is 4.05. The second-order valence-corrected chi connectivity index (χ2v) is 5.03. The first-order valence-electron chi connectivity index (χ1n) is 6.77. The highest BCUT2D eigenvalue weighted by Gasteiger charge is 2.41. The highest BCUT2D eigenvalue weighted by molar-refractivity contribution is 5.91. The van der Waals surface area contributed by atoms with Crippen molar-refractivity contribution in [1.29, 1.82) is 0 Å². The molecule has 1 amide bonds. The van der Waals surface area contributed by atoms with Crippen molar-refractivity contribution in [3.05, 3.63) is 0 Å². The summed E-state index contributed by atoms with van der Waals surface area (Å²) in [6, 6.07) is 0. The molecule has 0 saturated carbocycles. The lowest BCUT2D eigenvalue weighted by Crippen LogP contribution is -2.55. The minimum absolute atomic E-state index is 0.375. The number of ether oxygens (including phenoxy) is 2. The Morgan fingerprint density at radius 3 is 1.77 bits per heavy atom. The molecule has 1 heterocycles. The van der Waals surface area contributed by atoms with Gasteiger partial charge in [0.1, 0.15) is 0 Å². The van der Waals surface area contributed by atoms with Crippen LogP contribution in [0.3, 0.4) is 0 Å². The van der Waals surface area contributed by atoms with Gasteiger partial charge in [-0.3, -0.25) is 14.4 Å². The molecule has 22 heavy (non-hydrogen) atoms. The van der Waals surface area contributed by atoms with E-state index in [0.29, 0.717) is 26.2 Å². The van der Waals surface area contributed by atoms with Gasteiger partial charge in [-0.05, 0) is 7.05 Å². The topological polar surface area (TPSA) is 113 Å². The summed E-state index contributed by atoms with van der Waals surface area (Å²) in [5.74, 6) is -3.94. The van der Waals surface area contributed by atoms with Crippen LogP contribution in [0.15, 0.2) is 0 Å². The molecule has 1 fully saturated rings. The van der Waals surface area contributed by atoms with Crippen molar-refractivity contribution in [1.82, 2.24) is 9.80 Å². The van der Waals surface area contributed by atoms with Gasteiger partial charge in [0.15, 0.2) is 0 Å². The van der Waals surface area contributed by atoms with Gasteiger partial charge in [-0.1, -0.05) is 0 Å². The van der Waals surface area contributed by atoms with E-state index in [1.165, 1.54) is 4.90 Å². The number of rotatable bonds is 5. The Hall–Kier alpha value is -2.16. The monoisotopic (exact) mass is 316 g/mol. The number of amides is 1. The molecule has 0 aromatic rings. The average Bonchev–Trinajstić information content (AvgIpc) is 2.42. The number of aliphatic carboxylic acids is 1. The van der Waals surface area contributed by atoms with Gasteiger partial charge in [-0.25, -0.2) is 4.79 Å². The first kappa shape index (κ1) is 17.9. The van der Waals surface area contributed by atoms with Gasteiger partial charge < -0.3 is 24.4 Å². The number of piperazine rings is 1. The molecule has 1 aliphatic heterocycles. The van der Waals surface area contributed by atoms with Crippen LogP contribution in [-0.4, -0.2) is 84.2 Å². The quantitative estimate of drug-likeness (QED) is 0.623. The fourth-order valence-corrected chi connectivity index (χ4v) is 2.05. The fourth-order valence-electron chi connectivity index (χ4n) is 2.05. The minimum Gasteiger partial charge on any atom is -0.478 e. The first-order valence-corrected chi connectivity index (χ1v) is 6.77. The maximum atomic E-state index is 12.4. The normalized spacial score (nSPS) is 18.2. The molecule has 2 unspecified atom stereocenters. The number of carbonyl (C=O) groups is 4. The SMILES string of the molecule is CC(=O)OC(C(=O)O)C(OC(C)=O)C(=O)N1CCN(C)CC1. The first-order chi connectivity index (χ1) is 10.2. The zero-order valence-corrected chi connectivity index (χ0v) is 12.8. The predicted octanol–water partition coefficient (Wildman–Crippen LogP) is -1.29. The van der Waals surface area contributed by atoms with Crippen LogP contribution in [0, 0.1) is 0 Å². The van der Waals surface area contributed by atoms with E-state index in [2.05, 4.69) is 4.74 Å². The molecule has 9 nitrogen and oxygen atoms in total. The van der Waals surface area contributed by atoms with Gasteiger partial charge in [0.25, 0.3) is 5.91 Å². The summed E-state index contributed by atoms with van der Waals surface area (Å²) in [5.41, 5.74) is 0. The van der Waals surface area contributed by atoms with Crippen LogP contribution in [-0.2, 0) is 28.7 Å². The van der Waals surface area contributed by atoms with E-state index in [4.69, 9.17) is 9.84 Å². The van der Waals surface area contributed by atoms with Crippen LogP contribution in [0.1, 0.15) is 13.8 Å². The molecule has 1 aliphatic rings. The molecule has 0 radical (unpaired) electrons. The van der Waals surface area contributed by atoms with Gasteiger partial charge in [0, 0.05) is 40.0 Å². The second-order valence-electron chi connectivity index (χ2n) is 5.03.